The number of ether oxygens (including phenoxy) is 1. The molecule has 2 aliphatic rings. The second-order valence-corrected chi connectivity index (χ2v) is 8.04. The van der Waals surface area contributed by atoms with Gasteiger partial charge in [-0.3, -0.25) is 4.90 Å². The summed E-state index contributed by atoms with van der Waals surface area (Å²) in [6.45, 7) is 9.52. The first-order chi connectivity index (χ1) is 11.3. The predicted octanol–water partition coefficient (Wildman–Crippen LogP) is 2.96. The van der Waals surface area contributed by atoms with Gasteiger partial charge < -0.3 is 14.6 Å². The SMILES string of the molecule is C[C@H]1CCCN1Cc1nc(C2(NC(=O)OC(C)(C)C)CCC2)no1. The molecule has 0 unspecified atom stereocenters. The van der Waals surface area contributed by atoms with E-state index in [1.54, 1.807) is 0 Å². The fraction of sp³-hybridized carbons (Fsp3) is 0.824. The van der Waals surface area contributed by atoms with Crippen LogP contribution in [0.3, 0.4) is 0 Å². The van der Waals surface area contributed by atoms with Crippen molar-refractivity contribution < 1.29 is 14.1 Å². The maximum absolute atomic E-state index is 12.1. The van der Waals surface area contributed by atoms with Crippen molar-refractivity contribution in [2.75, 3.05) is 6.54 Å². The molecule has 1 saturated carbocycles. The fourth-order valence-electron chi connectivity index (χ4n) is 3.35. The molecule has 0 aromatic carbocycles. The zero-order chi connectivity index (χ0) is 17.4. The molecule has 0 bridgehead atoms. The van der Waals surface area contributed by atoms with Crippen molar-refractivity contribution in [3.63, 3.8) is 0 Å². The lowest BCUT2D eigenvalue weighted by molar-refractivity contribution is 0.0362. The van der Waals surface area contributed by atoms with Crippen LogP contribution >= 0.6 is 0 Å². The number of hydrogen-bond acceptors (Lipinski definition) is 6. The molecule has 7 nitrogen and oxygen atoms in total. The van der Waals surface area contributed by atoms with Gasteiger partial charge >= 0.3 is 6.09 Å². The Hall–Kier alpha value is -1.63. The Morgan fingerprint density at radius 3 is 2.71 bits per heavy atom. The number of carbonyl (C=O) groups excluding carboxylic acids is 1. The van der Waals surface area contributed by atoms with E-state index < -0.39 is 17.2 Å². The Morgan fingerprint density at radius 1 is 1.42 bits per heavy atom. The van der Waals surface area contributed by atoms with Crippen molar-refractivity contribution in [1.82, 2.24) is 20.4 Å². The first-order valence-electron chi connectivity index (χ1n) is 8.86. The first kappa shape index (κ1) is 17.2. The lowest BCUT2D eigenvalue weighted by atomic mass is 9.76. The van der Waals surface area contributed by atoms with E-state index in [0.29, 0.717) is 24.3 Å². The molecule has 1 aliphatic carbocycles. The predicted molar refractivity (Wildman–Crippen MR) is 88.3 cm³/mol. The Kier molecular flexibility index (Phi) is 4.55. The van der Waals surface area contributed by atoms with E-state index in [4.69, 9.17) is 9.26 Å². The van der Waals surface area contributed by atoms with Gasteiger partial charge in [0.1, 0.15) is 11.1 Å². The minimum absolute atomic E-state index is 0.429. The van der Waals surface area contributed by atoms with E-state index in [-0.39, 0.29) is 0 Å². The van der Waals surface area contributed by atoms with E-state index in [1.807, 2.05) is 20.8 Å². The second kappa shape index (κ2) is 6.35. The molecule has 1 atom stereocenters. The van der Waals surface area contributed by atoms with Crippen LogP contribution in [0.25, 0.3) is 0 Å². The largest absolute Gasteiger partial charge is 0.444 e. The zero-order valence-corrected chi connectivity index (χ0v) is 15.1. The van der Waals surface area contributed by atoms with Crippen LogP contribution in [0.15, 0.2) is 4.52 Å². The van der Waals surface area contributed by atoms with Crippen molar-refractivity contribution in [1.29, 1.82) is 0 Å². The topological polar surface area (TPSA) is 80.5 Å². The van der Waals surface area contributed by atoms with Crippen LogP contribution in [0.1, 0.15) is 71.5 Å². The van der Waals surface area contributed by atoms with Crippen LogP contribution in [0, 0.1) is 0 Å². The summed E-state index contributed by atoms with van der Waals surface area (Å²) < 4.78 is 10.8. The third kappa shape index (κ3) is 3.71. The molecular weight excluding hydrogens is 308 g/mol. The minimum Gasteiger partial charge on any atom is -0.444 e. The van der Waals surface area contributed by atoms with Gasteiger partial charge in [0, 0.05) is 6.04 Å². The van der Waals surface area contributed by atoms with Crippen molar-refractivity contribution in [3.8, 4) is 0 Å². The summed E-state index contributed by atoms with van der Waals surface area (Å²) in [6, 6.07) is 0.554. The van der Waals surface area contributed by atoms with Crippen LogP contribution in [0.2, 0.25) is 0 Å². The molecule has 0 spiro atoms. The van der Waals surface area contributed by atoms with Crippen LogP contribution in [-0.2, 0) is 16.8 Å². The van der Waals surface area contributed by atoms with Crippen LogP contribution in [0.5, 0.6) is 0 Å². The molecule has 1 saturated heterocycles. The van der Waals surface area contributed by atoms with Crippen molar-refractivity contribution in [3.05, 3.63) is 11.7 Å². The van der Waals surface area contributed by atoms with E-state index in [2.05, 4.69) is 27.3 Å². The van der Waals surface area contributed by atoms with Crippen molar-refractivity contribution in [2.24, 2.45) is 0 Å². The maximum atomic E-state index is 12.1. The highest BCUT2D eigenvalue weighted by molar-refractivity contribution is 5.69. The summed E-state index contributed by atoms with van der Waals surface area (Å²) in [7, 11) is 0. The summed E-state index contributed by atoms with van der Waals surface area (Å²) in [6.07, 6.45) is 4.65. The summed E-state index contributed by atoms with van der Waals surface area (Å²) in [5.41, 5.74) is -1.07. The fourth-order valence-corrected chi connectivity index (χ4v) is 3.35. The normalized spacial score (nSPS) is 23.8. The van der Waals surface area contributed by atoms with Gasteiger partial charge in [-0.15, -0.1) is 0 Å². The Balaban J connectivity index is 1.66. The molecule has 1 aliphatic heterocycles. The van der Waals surface area contributed by atoms with Crippen LogP contribution < -0.4 is 5.32 Å². The van der Waals surface area contributed by atoms with Gasteiger partial charge in [-0.25, -0.2) is 4.79 Å². The van der Waals surface area contributed by atoms with E-state index in [1.165, 1.54) is 12.8 Å². The molecule has 24 heavy (non-hydrogen) atoms. The number of carbonyl (C=O) groups is 1. The molecule has 2 fully saturated rings. The van der Waals surface area contributed by atoms with Gasteiger partial charge in [0.15, 0.2) is 5.82 Å². The summed E-state index contributed by atoms with van der Waals surface area (Å²) in [4.78, 5) is 19.1. The zero-order valence-electron chi connectivity index (χ0n) is 15.1. The number of nitrogens with one attached hydrogen (secondary N) is 1. The number of alkyl carbamates (subject to hydrolysis) is 1. The number of amides is 1. The van der Waals surface area contributed by atoms with Crippen molar-refractivity contribution >= 4 is 6.09 Å². The Labute approximate surface area is 143 Å². The molecule has 2 heterocycles. The highest BCUT2D eigenvalue weighted by Gasteiger charge is 2.45. The quantitative estimate of drug-likeness (QED) is 0.910. The standard InChI is InChI=1S/C17H28N4O3/c1-12-7-5-10-21(12)11-13-18-14(20-24-13)17(8-6-9-17)19-15(22)23-16(2,3)4/h12H,5-11H2,1-4H3,(H,19,22)/t12-/m0/s1. The molecule has 1 amide bonds. The molecule has 3 rings (SSSR count). The smallest absolute Gasteiger partial charge is 0.408 e. The Morgan fingerprint density at radius 2 is 2.17 bits per heavy atom. The second-order valence-electron chi connectivity index (χ2n) is 8.04. The summed E-state index contributed by atoms with van der Waals surface area (Å²) in [5, 5.41) is 7.10. The highest BCUT2D eigenvalue weighted by atomic mass is 16.6. The number of hydrogen-bond donors (Lipinski definition) is 1. The number of aromatic nitrogens is 2. The Bertz CT molecular complexity index is 589. The third-order valence-electron chi connectivity index (χ3n) is 4.87. The van der Waals surface area contributed by atoms with E-state index in [0.717, 1.165) is 25.8 Å². The monoisotopic (exact) mass is 336 g/mol. The minimum atomic E-state index is -0.541. The van der Waals surface area contributed by atoms with Gasteiger partial charge in [0.2, 0.25) is 5.89 Å². The van der Waals surface area contributed by atoms with Gasteiger partial charge in [0.05, 0.1) is 6.54 Å². The molecule has 1 aromatic heterocycles. The third-order valence-corrected chi connectivity index (χ3v) is 4.87. The first-order valence-corrected chi connectivity index (χ1v) is 8.86. The molecule has 1 N–H and O–H groups in total. The molecule has 134 valence electrons. The lowest BCUT2D eigenvalue weighted by Crippen LogP contribution is -2.52. The van der Waals surface area contributed by atoms with Gasteiger partial charge in [-0.2, -0.15) is 4.98 Å². The molecule has 0 radical (unpaired) electrons. The van der Waals surface area contributed by atoms with Gasteiger partial charge in [0.25, 0.3) is 0 Å². The lowest BCUT2D eigenvalue weighted by Gasteiger charge is -2.39. The summed E-state index contributed by atoms with van der Waals surface area (Å²) >= 11 is 0. The van der Waals surface area contributed by atoms with Crippen molar-refractivity contribution in [2.45, 2.75) is 83.5 Å². The number of likely N-dealkylation sites (tertiary alicyclic amines) is 1. The summed E-state index contributed by atoms with van der Waals surface area (Å²) in [5.74, 6) is 1.19. The van der Waals surface area contributed by atoms with E-state index >= 15 is 0 Å². The molecule has 1 aromatic rings. The molecular formula is C17H28N4O3. The number of rotatable bonds is 4. The van der Waals surface area contributed by atoms with Gasteiger partial charge in [-0.05, 0) is 66.3 Å². The average Bonchev–Trinajstić information content (AvgIpc) is 3.03. The van der Waals surface area contributed by atoms with E-state index in [9.17, 15) is 4.79 Å². The van der Waals surface area contributed by atoms with Crippen LogP contribution in [-0.4, -0.2) is 39.3 Å². The molecule has 7 heteroatoms. The average molecular weight is 336 g/mol. The highest BCUT2D eigenvalue weighted by Crippen LogP contribution is 2.40. The van der Waals surface area contributed by atoms with Gasteiger partial charge in [-0.1, -0.05) is 5.16 Å². The maximum Gasteiger partial charge on any atom is 0.408 e. The van der Waals surface area contributed by atoms with Crippen LogP contribution in [0.4, 0.5) is 4.79 Å². The number of nitrogens with zero attached hydrogens (tertiary/aromatic N) is 3.